The van der Waals surface area contributed by atoms with Gasteiger partial charge in [0.2, 0.25) is 5.91 Å². The predicted octanol–water partition coefficient (Wildman–Crippen LogP) is 4.73. The van der Waals surface area contributed by atoms with Gasteiger partial charge in [-0.3, -0.25) is 4.79 Å². The number of hydrogen-bond acceptors (Lipinski definition) is 2. The first-order chi connectivity index (χ1) is 12.2. The molecule has 0 atom stereocenters. The Labute approximate surface area is 148 Å². The lowest BCUT2D eigenvalue weighted by Crippen LogP contribution is -2.10. The molecule has 0 aliphatic rings. The number of nitrogens with two attached hydrogens (primary N) is 1. The zero-order chi connectivity index (χ0) is 17.5. The average Bonchev–Trinajstić information content (AvgIpc) is 2.64. The van der Waals surface area contributed by atoms with Crippen molar-refractivity contribution in [2.45, 2.75) is 25.7 Å². The molecule has 0 fully saturated rings. The molecule has 25 heavy (non-hydrogen) atoms. The van der Waals surface area contributed by atoms with E-state index in [1.807, 2.05) is 30.3 Å². The van der Waals surface area contributed by atoms with Crippen LogP contribution in [0.25, 0.3) is 10.8 Å². The Morgan fingerprint density at radius 3 is 2.40 bits per heavy atom. The van der Waals surface area contributed by atoms with Crippen LogP contribution in [-0.4, -0.2) is 12.5 Å². The second-order valence-corrected chi connectivity index (χ2v) is 6.23. The van der Waals surface area contributed by atoms with E-state index >= 15 is 0 Å². The van der Waals surface area contributed by atoms with E-state index in [2.05, 4.69) is 30.3 Å². The van der Waals surface area contributed by atoms with Gasteiger partial charge >= 0.3 is 0 Å². The van der Waals surface area contributed by atoms with Crippen molar-refractivity contribution in [2.24, 2.45) is 5.73 Å². The van der Waals surface area contributed by atoms with Crippen LogP contribution >= 0.6 is 0 Å². The summed E-state index contributed by atoms with van der Waals surface area (Å²) in [7, 11) is 0. The summed E-state index contributed by atoms with van der Waals surface area (Å²) in [5.74, 6) is 0.458. The lowest BCUT2D eigenvalue weighted by Gasteiger charge is -2.08. The minimum Gasteiger partial charge on any atom is -0.494 e. The molecule has 0 unspecified atom stereocenters. The number of fused-ring (bicyclic) bond motifs is 1. The molecule has 0 heterocycles. The van der Waals surface area contributed by atoms with Crippen LogP contribution in [0.4, 0.5) is 0 Å². The second kappa shape index (κ2) is 8.34. The van der Waals surface area contributed by atoms with E-state index < -0.39 is 5.91 Å². The molecular weight excluding hydrogens is 310 g/mol. The number of carbonyl (C=O) groups is 1. The Morgan fingerprint density at radius 2 is 1.60 bits per heavy atom. The fourth-order valence-electron chi connectivity index (χ4n) is 2.91. The van der Waals surface area contributed by atoms with Gasteiger partial charge in [-0.15, -0.1) is 0 Å². The normalized spacial score (nSPS) is 10.7. The topological polar surface area (TPSA) is 52.3 Å². The molecule has 3 aromatic carbocycles. The number of rotatable bonds is 8. The van der Waals surface area contributed by atoms with Crippen LogP contribution in [0.5, 0.6) is 5.75 Å². The number of aryl methyl sites for hydroxylation is 1. The SMILES string of the molecule is NC(=O)c1ccc2cc(OCCCCCc3ccccc3)ccc2c1. The molecule has 0 aliphatic heterocycles. The van der Waals surface area contributed by atoms with Crippen LogP contribution in [-0.2, 0) is 6.42 Å². The summed E-state index contributed by atoms with van der Waals surface area (Å²) < 4.78 is 5.85. The van der Waals surface area contributed by atoms with Crippen molar-refractivity contribution in [3.63, 3.8) is 0 Å². The Morgan fingerprint density at radius 1 is 0.840 bits per heavy atom. The summed E-state index contributed by atoms with van der Waals surface area (Å²) in [6.45, 7) is 0.722. The molecule has 0 spiro atoms. The van der Waals surface area contributed by atoms with Gasteiger partial charge < -0.3 is 10.5 Å². The maximum Gasteiger partial charge on any atom is 0.248 e. The third-order valence-electron chi connectivity index (χ3n) is 4.32. The minimum absolute atomic E-state index is 0.405. The number of benzene rings is 3. The minimum atomic E-state index is -0.405. The number of unbranched alkanes of at least 4 members (excludes halogenated alkanes) is 2. The van der Waals surface area contributed by atoms with Crippen LogP contribution in [0.15, 0.2) is 66.7 Å². The van der Waals surface area contributed by atoms with Crippen LogP contribution in [0, 0.1) is 0 Å². The molecule has 0 bridgehead atoms. The van der Waals surface area contributed by atoms with Crippen molar-refractivity contribution in [3.8, 4) is 5.75 Å². The van der Waals surface area contributed by atoms with Gasteiger partial charge in [0.05, 0.1) is 6.61 Å². The predicted molar refractivity (Wildman–Crippen MR) is 102 cm³/mol. The van der Waals surface area contributed by atoms with Gasteiger partial charge in [-0.25, -0.2) is 0 Å². The molecule has 0 aromatic heterocycles. The number of hydrogen-bond donors (Lipinski definition) is 1. The molecule has 3 nitrogen and oxygen atoms in total. The Kier molecular flexibility index (Phi) is 5.68. The van der Waals surface area contributed by atoms with Crippen molar-refractivity contribution in [2.75, 3.05) is 6.61 Å². The van der Waals surface area contributed by atoms with E-state index in [0.29, 0.717) is 5.56 Å². The fraction of sp³-hybridized carbons (Fsp3) is 0.227. The molecule has 3 rings (SSSR count). The van der Waals surface area contributed by atoms with Gasteiger partial charge in [-0.2, -0.15) is 0 Å². The maximum absolute atomic E-state index is 11.2. The van der Waals surface area contributed by atoms with Gasteiger partial charge in [-0.05, 0) is 66.3 Å². The molecule has 128 valence electrons. The van der Waals surface area contributed by atoms with Gasteiger partial charge in [0.15, 0.2) is 0 Å². The molecule has 3 heteroatoms. The Balaban J connectivity index is 1.45. The number of amides is 1. The summed E-state index contributed by atoms with van der Waals surface area (Å²) in [5.41, 5.74) is 7.24. The molecule has 2 N–H and O–H groups in total. The lowest BCUT2D eigenvalue weighted by atomic mass is 10.1. The van der Waals surface area contributed by atoms with Crippen LogP contribution < -0.4 is 10.5 Å². The van der Waals surface area contributed by atoms with E-state index in [4.69, 9.17) is 10.5 Å². The van der Waals surface area contributed by atoms with Crippen molar-refractivity contribution in [3.05, 3.63) is 77.9 Å². The zero-order valence-electron chi connectivity index (χ0n) is 14.3. The molecule has 3 aromatic rings. The summed E-state index contributed by atoms with van der Waals surface area (Å²) in [5, 5.41) is 2.04. The summed E-state index contributed by atoms with van der Waals surface area (Å²) in [6.07, 6.45) is 4.51. The summed E-state index contributed by atoms with van der Waals surface area (Å²) >= 11 is 0. The maximum atomic E-state index is 11.2. The molecule has 0 saturated heterocycles. The third kappa shape index (κ3) is 4.83. The number of primary amides is 1. The number of ether oxygens (including phenoxy) is 1. The van der Waals surface area contributed by atoms with Crippen LogP contribution in [0.3, 0.4) is 0 Å². The fourth-order valence-corrected chi connectivity index (χ4v) is 2.91. The highest BCUT2D eigenvalue weighted by Gasteiger charge is 2.03. The molecular formula is C22H23NO2. The summed E-state index contributed by atoms with van der Waals surface area (Å²) in [6, 6.07) is 22.0. The molecule has 0 aliphatic carbocycles. The molecule has 1 amide bonds. The number of carbonyl (C=O) groups excluding carboxylic acids is 1. The van der Waals surface area contributed by atoms with E-state index in [0.717, 1.165) is 42.4 Å². The first-order valence-corrected chi connectivity index (χ1v) is 8.73. The Hall–Kier alpha value is -2.81. The van der Waals surface area contributed by atoms with Gasteiger partial charge in [0, 0.05) is 5.56 Å². The second-order valence-electron chi connectivity index (χ2n) is 6.23. The van der Waals surface area contributed by atoms with Crippen molar-refractivity contribution < 1.29 is 9.53 Å². The highest BCUT2D eigenvalue weighted by Crippen LogP contribution is 2.22. The van der Waals surface area contributed by atoms with E-state index in [1.54, 1.807) is 6.07 Å². The van der Waals surface area contributed by atoms with Crippen LogP contribution in [0.2, 0.25) is 0 Å². The van der Waals surface area contributed by atoms with E-state index in [-0.39, 0.29) is 0 Å². The average molecular weight is 333 g/mol. The highest BCUT2D eigenvalue weighted by molar-refractivity contribution is 5.97. The standard InChI is InChI=1S/C22H23NO2/c23-22(24)20-11-10-19-16-21(13-12-18(19)15-20)25-14-6-2-5-9-17-7-3-1-4-8-17/h1,3-4,7-8,10-13,15-16H,2,5-6,9,14H2,(H2,23,24). The first kappa shape index (κ1) is 17.0. The van der Waals surface area contributed by atoms with E-state index in [9.17, 15) is 4.79 Å². The summed E-state index contributed by atoms with van der Waals surface area (Å²) in [4.78, 5) is 11.2. The van der Waals surface area contributed by atoms with Crippen LogP contribution in [0.1, 0.15) is 35.2 Å². The third-order valence-corrected chi connectivity index (χ3v) is 4.32. The first-order valence-electron chi connectivity index (χ1n) is 8.73. The highest BCUT2D eigenvalue weighted by atomic mass is 16.5. The van der Waals surface area contributed by atoms with Gasteiger partial charge in [0.25, 0.3) is 0 Å². The van der Waals surface area contributed by atoms with E-state index in [1.165, 1.54) is 12.0 Å². The largest absolute Gasteiger partial charge is 0.494 e. The van der Waals surface area contributed by atoms with Crippen molar-refractivity contribution >= 4 is 16.7 Å². The Bertz CT molecular complexity index is 843. The molecule has 0 saturated carbocycles. The van der Waals surface area contributed by atoms with Crippen molar-refractivity contribution in [1.82, 2.24) is 0 Å². The van der Waals surface area contributed by atoms with Gasteiger partial charge in [-0.1, -0.05) is 42.5 Å². The smallest absolute Gasteiger partial charge is 0.248 e. The monoisotopic (exact) mass is 333 g/mol. The van der Waals surface area contributed by atoms with Gasteiger partial charge in [0.1, 0.15) is 5.75 Å². The quantitative estimate of drug-likeness (QED) is 0.606. The molecule has 0 radical (unpaired) electrons. The lowest BCUT2D eigenvalue weighted by molar-refractivity contribution is 0.100. The zero-order valence-corrected chi connectivity index (χ0v) is 14.3. The van der Waals surface area contributed by atoms with Crippen molar-refractivity contribution in [1.29, 1.82) is 0 Å².